The third-order valence-corrected chi connectivity index (χ3v) is 9.24. The van der Waals surface area contributed by atoms with Gasteiger partial charge in [-0.05, 0) is 12.8 Å². The van der Waals surface area contributed by atoms with Gasteiger partial charge in [0, 0.05) is 5.92 Å². The first-order valence-electron chi connectivity index (χ1n) is 19.3. The highest BCUT2D eigenvalue weighted by atomic mass is 15.3. The van der Waals surface area contributed by atoms with Crippen molar-refractivity contribution in [3.63, 3.8) is 0 Å². The topological polar surface area (TPSA) is 0 Å². The molecule has 0 amide bonds. The Hall–Kier alpha value is -0.0400. The molecule has 0 aromatic rings. The molecule has 0 aromatic heterocycles. The molecule has 242 valence electrons. The third-order valence-electron chi connectivity index (χ3n) is 9.24. The Balaban J connectivity index is 3.58. The largest absolute Gasteiger partial charge is 0.331 e. The fraction of sp³-hybridized carbons (Fsp3) is 1.00. The van der Waals surface area contributed by atoms with Crippen LogP contribution in [0.25, 0.3) is 0 Å². The van der Waals surface area contributed by atoms with Crippen LogP contribution in [-0.2, 0) is 0 Å². The van der Waals surface area contributed by atoms with Gasteiger partial charge in [-0.25, -0.2) is 0 Å². The summed E-state index contributed by atoms with van der Waals surface area (Å²) in [6.07, 6.45) is 47.1. The molecule has 0 bridgehead atoms. The summed E-state index contributed by atoms with van der Waals surface area (Å²) in [5.41, 5.74) is 0. The fourth-order valence-corrected chi connectivity index (χ4v) is 6.71. The van der Waals surface area contributed by atoms with Crippen LogP contribution in [0.2, 0.25) is 0 Å². The fourth-order valence-electron chi connectivity index (χ4n) is 6.71. The summed E-state index contributed by atoms with van der Waals surface area (Å²) in [6.45, 7) is 5.99. The van der Waals surface area contributed by atoms with E-state index in [0.29, 0.717) is 0 Å². The zero-order chi connectivity index (χ0) is 29.4. The first kappa shape index (κ1) is 40.0. The highest BCUT2D eigenvalue weighted by molar-refractivity contribution is 4.61. The number of unbranched alkanes of at least 4 members (excludes halogenated alkanes) is 28. The van der Waals surface area contributed by atoms with Crippen molar-refractivity contribution in [1.82, 2.24) is 0 Å². The quantitative estimate of drug-likeness (QED) is 0.0538. The molecule has 1 nitrogen and oxygen atoms in total. The van der Waals surface area contributed by atoms with Crippen molar-refractivity contribution in [3.05, 3.63) is 0 Å². The molecule has 0 fully saturated rings. The summed E-state index contributed by atoms with van der Waals surface area (Å²) in [6, 6.07) is 0. The van der Waals surface area contributed by atoms with Crippen molar-refractivity contribution < 1.29 is 4.48 Å². The van der Waals surface area contributed by atoms with Crippen molar-refractivity contribution in [2.24, 2.45) is 5.92 Å². The highest BCUT2D eigenvalue weighted by Gasteiger charge is 2.17. The van der Waals surface area contributed by atoms with Crippen molar-refractivity contribution in [1.29, 1.82) is 0 Å². The molecule has 1 heteroatoms. The molecule has 0 saturated carbocycles. The second-order valence-electron chi connectivity index (χ2n) is 14.8. The molecule has 0 aromatic carbocycles. The molecule has 1 atom stereocenters. The molecule has 0 saturated heterocycles. The Morgan fingerprint density at radius 3 is 0.700 bits per heavy atom. The molecule has 0 heterocycles. The van der Waals surface area contributed by atoms with Crippen LogP contribution in [0, 0.1) is 5.92 Å². The van der Waals surface area contributed by atoms with Crippen molar-refractivity contribution in [2.45, 2.75) is 219 Å². The molecule has 0 aliphatic carbocycles. The van der Waals surface area contributed by atoms with Crippen LogP contribution in [-0.4, -0.2) is 32.2 Å². The Morgan fingerprint density at radius 2 is 0.500 bits per heavy atom. The molecule has 0 aliphatic heterocycles. The molecule has 0 rings (SSSR count). The maximum Gasteiger partial charge on any atom is 0.0809 e. The van der Waals surface area contributed by atoms with Gasteiger partial charge < -0.3 is 4.48 Å². The van der Waals surface area contributed by atoms with Crippen LogP contribution in [0.15, 0.2) is 0 Å². The van der Waals surface area contributed by atoms with Gasteiger partial charge in [0.2, 0.25) is 0 Å². The summed E-state index contributed by atoms with van der Waals surface area (Å²) in [4.78, 5) is 0. The van der Waals surface area contributed by atoms with Gasteiger partial charge in [-0.15, -0.1) is 0 Å². The monoisotopic (exact) mass is 565 g/mol. The van der Waals surface area contributed by atoms with Crippen LogP contribution >= 0.6 is 0 Å². The summed E-state index contributed by atoms with van der Waals surface area (Å²) in [7, 11) is 7.18. The number of nitrogens with zero attached hydrogens (tertiary/aromatic N) is 1. The molecule has 0 N–H and O–H groups in total. The van der Waals surface area contributed by atoms with Gasteiger partial charge in [-0.2, -0.15) is 0 Å². The Labute approximate surface area is 257 Å². The van der Waals surface area contributed by atoms with Crippen molar-refractivity contribution >= 4 is 0 Å². The van der Waals surface area contributed by atoms with Crippen LogP contribution in [0.5, 0.6) is 0 Å². The first-order chi connectivity index (χ1) is 19.5. The molecular weight excluding hydrogens is 482 g/mol. The summed E-state index contributed by atoms with van der Waals surface area (Å²) >= 11 is 0. The molecule has 40 heavy (non-hydrogen) atoms. The van der Waals surface area contributed by atoms with Crippen LogP contribution < -0.4 is 0 Å². The van der Waals surface area contributed by atoms with E-state index in [1.807, 2.05) is 0 Å². The predicted molar refractivity (Wildman–Crippen MR) is 185 cm³/mol. The van der Waals surface area contributed by atoms with Gasteiger partial charge in [0.05, 0.1) is 27.7 Å². The van der Waals surface area contributed by atoms with E-state index >= 15 is 0 Å². The lowest BCUT2D eigenvalue weighted by Crippen LogP contribution is -2.39. The van der Waals surface area contributed by atoms with Crippen molar-refractivity contribution in [3.8, 4) is 0 Å². The first-order valence-corrected chi connectivity index (χ1v) is 19.3. The zero-order valence-corrected chi connectivity index (χ0v) is 29.4. The minimum absolute atomic E-state index is 0.948. The summed E-state index contributed by atoms with van der Waals surface area (Å²) < 4.78 is 1.14. The van der Waals surface area contributed by atoms with E-state index in [-0.39, 0.29) is 0 Å². The normalized spacial score (nSPS) is 12.8. The smallest absolute Gasteiger partial charge is 0.0809 e. The van der Waals surface area contributed by atoms with Gasteiger partial charge in [0.15, 0.2) is 0 Å². The minimum Gasteiger partial charge on any atom is -0.331 e. The minimum atomic E-state index is 0.948. The molecule has 0 spiro atoms. The van der Waals surface area contributed by atoms with E-state index in [1.54, 1.807) is 0 Å². The summed E-state index contributed by atoms with van der Waals surface area (Å²) in [5.74, 6) is 0.948. The van der Waals surface area contributed by atoms with Crippen LogP contribution in [0.3, 0.4) is 0 Å². The average molecular weight is 565 g/mol. The number of hydrogen-bond acceptors (Lipinski definition) is 0. The molecular formula is C39H82N+. The third kappa shape index (κ3) is 34.2. The van der Waals surface area contributed by atoms with Gasteiger partial charge >= 0.3 is 0 Å². The number of hydrogen-bond donors (Lipinski definition) is 0. The Kier molecular flexibility index (Phi) is 31.9. The SMILES string of the molecule is CCCCCCCCCCCCCCCCCCC(CCCCCCCCCCCCCCCC)C[N+](C)(C)C. The lowest BCUT2D eigenvalue weighted by molar-refractivity contribution is -0.874. The second kappa shape index (κ2) is 31.9. The lowest BCUT2D eigenvalue weighted by Gasteiger charge is -2.29. The second-order valence-corrected chi connectivity index (χ2v) is 14.8. The van der Waals surface area contributed by atoms with E-state index in [4.69, 9.17) is 0 Å². The highest BCUT2D eigenvalue weighted by Crippen LogP contribution is 2.22. The van der Waals surface area contributed by atoms with Gasteiger partial charge in [-0.3, -0.25) is 0 Å². The lowest BCUT2D eigenvalue weighted by atomic mass is 9.93. The molecule has 0 radical (unpaired) electrons. The Bertz CT molecular complexity index is 450. The van der Waals surface area contributed by atoms with E-state index in [9.17, 15) is 0 Å². The summed E-state index contributed by atoms with van der Waals surface area (Å²) in [5, 5.41) is 0. The van der Waals surface area contributed by atoms with Crippen molar-refractivity contribution in [2.75, 3.05) is 27.7 Å². The maximum atomic E-state index is 2.39. The average Bonchev–Trinajstić information content (AvgIpc) is 2.92. The van der Waals surface area contributed by atoms with Crippen LogP contribution in [0.4, 0.5) is 0 Å². The van der Waals surface area contributed by atoms with Gasteiger partial charge in [0.1, 0.15) is 0 Å². The van der Waals surface area contributed by atoms with E-state index in [0.717, 1.165) is 10.4 Å². The van der Waals surface area contributed by atoms with Crippen LogP contribution in [0.1, 0.15) is 219 Å². The van der Waals surface area contributed by atoms with Gasteiger partial charge in [0.25, 0.3) is 0 Å². The number of quaternary nitrogens is 1. The number of rotatable bonds is 34. The molecule has 0 aliphatic rings. The van der Waals surface area contributed by atoms with E-state index < -0.39 is 0 Å². The Morgan fingerprint density at radius 1 is 0.300 bits per heavy atom. The van der Waals surface area contributed by atoms with Gasteiger partial charge in [-0.1, -0.05) is 206 Å². The van der Waals surface area contributed by atoms with E-state index in [1.165, 1.54) is 212 Å². The standard InChI is InChI=1S/C39H82N/c1-6-8-10-12-14-16-18-20-22-23-25-27-29-31-33-35-37-39(38-40(3,4)5)36-34-32-30-28-26-24-21-19-17-15-13-11-9-7-2/h39H,6-38H2,1-5H3/q+1. The molecule has 1 unspecified atom stereocenters. The predicted octanol–water partition coefficient (Wildman–Crippen LogP) is 13.8. The van der Waals surface area contributed by atoms with E-state index in [2.05, 4.69) is 35.0 Å². The maximum absolute atomic E-state index is 2.39. The zero-order valence-electron chi connectivity index (χ0n) is 29.4.